The topological polar surface area (TPSA) is 73.2 Å². The molecule has 0 saturated carbocycles. The number of unbranched alkanes of at least 4 members (excludes halogenated alkanes) is 2. The average Bonchev–Trinajstić information content (AvgIpc) is 2.88. The Morgan fingerprint density at radius 1 is 0.743 bits per heavy atom. The molecule has 0 aliphatic heterocycles. The van der Waals surface area contributed by atoms with E-state index in [-0.39, 0.29) is 12.8 Å². The number of benzene rings is 3. The summed E-state index contributed by atoms with van der Waals surface area (Å²) in [5, 5.41) is -4.91. The van der Waals surface area contributed by atoms with E-state index >= 15 is 8.78 Å². The van der Waals surface area contributed by atoms with Crippen molar-refractivity contribution in [2.45, 2.75) is 39.2 Å². The number of carbonyl (C=O) groups is 1. The van der Waals surface area contributed by atoms with Crippen LogP contribution in [0.3, 0.4) is 0 Å². The predicted molar refractivity (Wildman–Crippen MR) is 129 cm³/mol. The SMILES string of the molecule is O=C(OCCCCCF)C(F)(F)S(=O)(=O)[OH+]S(c1ccccc1)(c1ccccc1)c1ccccc1. The van der Waals surface area contributed by atoms with E-state index in [1.807, 2.05) is 0 Å². The average molecular weight is 528 g/mol. The maximum absolute atomic E-state index is 15.0. The summed E-state index contributed by atoms with van der Waals surface area (Å²) in [5.41, 5.74) is 0. The molecule has 188 valence electrons. The van der Waals surface area contributed by atoms with E-state index in [1.54, 1.807) is 91.0 Å². The summed E-state index contributed by atoms with van der Waals surface area (Å²) in [7, 11) is -8.85. The minimum atomic E-state index is -5.71. The molecule has 0 aliphatic carbocycles. The van der Waals surface area contributed by atoms with Crippen molar-refractivity contribution in [1.82, 2.24) is 0 Å². The van der Waals surface area contributed by atoms with Crippen LogP contribution in [-0.2, 0) is 19.6 Å². The zero-order valence-electron chi connectivity index (χ0n) is 18.7. The molecule has 0 atom stereocenters. The largest absolute Gasteiger partial charge is 0.514 e. The number of ether oxygens (including phenoxy) is 1. The van der Waals surface area contributed by atoms with Crippen molar-refractivity contribution in [3.05, 3.63) is 91.0 Å². The molecule has 5 nitrogen and oxygen atoms in total. The van der Waals surface area contributed by atoms with Gasteiger partial charge in [0.15, 0.2) is 0 Å². The van der Waals surface area contributed by atoms with Crippen molar-refractivity contribution in [2.24, 2.45) is 0 Å². The number of hydrogen-bond donors (Lipinski definition) is 0. The van der Waals surface area contributed by atoms with E-state index in [1.165, 1.54) is 0 Å². The van der Waals surface area contributed by atoms with E-state index in [4.69, 9.17) is 0 Å². The van der Waals surface area contributed by atoms with Crippen LogP contribution in [0, 0.1) is 0 Å². The van der Waals surface area contributed by atoms with E-state index in [0.29, 0.717) is 21.1 Å². The summed E-state index contributed by atoms with van der Waals surface area (Å²) in [5.74, 6) is -2.20. The van der Waals surface area contributed by atoms with Crippen molar-refractivity contribution in [2.75, 3.05) is 13.3 Å². The van der Waals surface area contributed by atoms with Crippen LogP contribution in [0.5, 0.6) is 0 Å². The second kappa shape index (κ2) is 11.7. The lowest BCUT2D eigenvalue weighted by Crippen LogP contribution is -2.42. The van der Waals surface area contributed by atoms with Gasteiger partial charge in [-0.1, -0.05) is 54.6 Å². The fourth-order valence-electron chi connectivity index (χ4n) is 3.31. The third-order valence-electron chi connectivity index (χ3n) is 5.04. The lowest BCUT2D eigenvalue weighted by atomic mass is 10.3. The first-order valence-electron chi connectivity index (χ1n) is 10.8. The molecular formula is C25H26F3O5S2+. The van der Waals surface area contributed by atoms with Gasteiger partial charge in [0, 0.05) is 0 Å². The number of alkyl halides is 3. The second-order valence-corrected chi connectivity index (χ2v) is 12.1. The molecule has 0 bridgehead atoms. The van der Waals surface area contributed by atoms with Crippen molar-refractivity contribution in [3.8, 4) is 0 Å². The number of rotatable bonds is 12. The molecule has 0 heterocycles. The minimum Gasteiger partial charge on any atom is -0.460 e. The quantitative estimate of drug-likeness (QED) is 0.115. The molecule has 0 amide bonds. The van der Waals surface area contributed by atoms with Crippen molar-refractivity contribution >= 4 is 26.4 Å². The van der Waals surface area contributed by atoms with E-state index in [0.717, 1.165) is 0 Å². The van der Waals surface area contributed by atoms with Crippen molar-refractivity contribution < 1.29 is 34.7 Å². The molecule has 3 aromatic rings. The van der Waals surface area contributed by atoms with E-state index in [2.05, 4.69) is 8.37 Å². The Morgan fingerprint density at radius 2 is 1.17 bits per heavy atom. The molecule has 0 aliphatic rings. The highest BCUT2D eigenvalue weighted by molar-refractivity contribution is 8.32. The standard InChI is InChI=1S/C25H25F3O5S2/c26-19-11-4-12-20-32-24(29)25(27,28)35(30,31)33-34(21-13-5-1-6-14-21,22-15-7-2-8-16-22)23-17-9-3-10-18-23/h1-3,5-10,13-18H,4,11-12,19-20H2/p+1. The number of hydrogen-bond acceptors (Lipinski definition) is 4. The Kier molecular flexibility index (Phi) is 8.98. The summed E-state index contributed by atoms with van der Waals surface area (Å²) >= 11 is 0. The summed E-state index contributed by atoms with van der Waals surface area (Å²) in [4.78, 5) is 13.4. The zero-order valence-corrected chi connectivity index (χ0v) is 20.4. The highest BCUT2D eigenvalue weighted by Crippen LogP contribution is 2.68. The van der Waals surface area contributed by atoms with Gasteiger partial charge in [-0.3, -0.25) is 8.02 Å². The van der Waals surface area contributed by atoms with Crippen molar-refractivity contribution in [1.29, 1.82) is 0 Å². The molecule has 0 spiro atoms. The molecule has 0 unspecified atom stereocenters. The van der Waals surface area contributed by atoms with E-state index < -0.39 is 44.9 Å². The maximum Gasteiger partial charge on any atom is 0.514 e. The summed E-state index contributed by atoms with van der Waals surface area (Å²) < 4.78 is 76.9. The first-order chi connectivity index (χ1) is 16.8. The molecule has 0 saturated heterocycles. The molecule has 1 N–H and O–H groups in total. The molecule has 3 aromatic carbocycles. The minimum absolute atomic E-state index is 0.135. The van der Waals surface area contributed by atoms with Gasteiger partial charge in [0.05, 0.1) is 38.3 Å². The van der Waals surface area contributed by atoms with Gasteiger partial charge in [-0.05, 0) is 55.7 Å². The Morgan fingerprint density at radius 3 is 1.57 bits per heavy atom. The van der Waals surface area contributed by atoms with Crippen LogP contribution in [0.4, 0.5) is 13.2 Å². The lowest BCUT2D eigenvalue weighted by Gasteiger charge is -2.35. The van der Waals surface area contributed by atoms with Crippen LogP contribution in [-0.4, -0.2) is 36.6 Å². The molecule has 0 aromatic heterocycles. The van der Waals surface area contributed by atoms with Crippen LogP contribution >= 0.6 is 10.3 Å². The lowest BCUT2D eigenvalue weighted by molar-refractivity contribution is -0.161. The van der Waals surface area contributed by atoms with Crippen LogP contribution in [0.2, 0.25) is 0 Å². The van der Waals surface area contributed by atoms with Gasteiger partial charge < -0.3 is 4.74 Å². The number of carbonyl (C=O) groups excluding carboxylic acids is 1. The van der Waals surface area contributed by atoms with Gasteiger partial charge >= 0.3 is 21.3 Å². The van der Waals surface area contributed by atoms with Gasteiger partial charge in [0.1, 0.15) is 0 Å². The Labute approximate surface area is 204 Å². The Hall–Kier alpha value is -2.82. The third-order valence-corrected chi connectivity index (χ3v) is 10.4. The van der Waals surface area contributed by atoms with Gasteiger partial charge in [-0.25, -0.2) is 4.79 Å². The molecule has 0 radical (unpaired) electrons. The first-order valence-corrected chi connectivity index (χ1v) is 13.9. The van der Waals surface area contributed by atoms with Crippen molar-refractivity contribution in [3.63, 3.8) is 0 Å². The van der Waals surface area contributed by atoms with Gasteiger partial charge in [-0.15, -0.1) is 8.42 Å². The van der Waals surface area contributed by atoms with Gasteiger partial charge in [-0.2, -0.15) is 8.78 Å². The smallest absolute Gasteiger partial charge is 0.460 e. The Balaban J connectivity index is 2.07. The fourth-order valence-corrected chi connectivity index (χ4v) is 8.64. The third kappa shape index (κ3) is 5.88. The number of halogens is 3. The van der Waals surface area contributed by atoms with Crippen LogP contribution in [0.15, 0.2) is 106 Å². The van der Waals surface area contributed by atoms with Crippen LogP contribution in [0.1, 0.15) is 19.3 Å². The van der Waals surface area contributed by atoms with Gasteiger partial charge in [0.2, 0.25) is 0 Å². The maximum atomic E-state index is 15.0. The molecule has 0 fully saturated rings. The monoisotopic (exact) mass is 527 g/mol. The molecule has 10 heteroatoms. The highest BCUT2D eigenvalue weighted by atomic mass is 32.3. The first kappa shape index (κ1) is 26.8. The van der Waals surface area contributed by atoms with E-state index in [9.17, 15) is 17.6 Å². The summed E-state index contributed by atoms with van der Waals surface area (Å²) in [6, 6.07) is 24.8. The normalized spacial score (nSPS) is 12.8. The fraction of sp³-hybridized carbons (Fsp3) is 0.240. The predicted octanol–water partition coefficient (Wildman–Crippen LogP) is 6.58. The zero-order chi connectivity index (χ0) is 25.4. The molecular weight excluding hydrogens is 501 g/mol. The molecule has 3 rings (SSSR count). The summed E-state index contributed by atoms with van der Waals surface area (Å²) in [6.45, 7) is -1.03. The number of esters is 1. The van der Waals surface area contributed by atoms with Crippen LogP contribution in [0.25, 0.3) is 0 Å². The summed E-state index contributed by atoms with van der Waals surface area (Å²) in [6.07, 6.45) is 0.643. The molecule has 35 heavy (non-hydrogen) atoms. The second-order valence-electron chi connectivity index (χ2n) is 7.47. The van der Waals surface area contributed by atoms with Crippen LogP contribution < -0.4 is 0 Å². The van der Waals surface area contributed by atoms with Gasteiger partial charge in [0.25, 0.3) is 0 Å². The Bertz CT molecular complexity index is 1090. The highest BCUT2D eigenvalue weighted by Gasteiger charge is 2.63.